The van der Waals surface area contributed by atoms with E-state index in [1.54, 1.807) is 0 Å². The zero-order valence-corrected chi connectivity index (χ0v) is 8.16. The number of allylic oxidation sites excluding steroid dienone is 2. The van der Waals surface area contributed by atoms with Crippen LogP contribution in [0.15, 0.2) is 12.3 Å². The van der Waals surface area contributed by atoms with E-state index >= 15 is 0 Å². The molecule has 1 aromatic heterocycles. The van der Waals surface area contributed by atoms with E-state index < -0.39 is 0 Å². The fourth-order valence-corrected chi connectivity index (χ4v) is 2.37. The van der Waals surface area contributed by atoms with Gasteiger partial charge in [-0.2, -0.15) is 0 Å². The van der Waals surface area contributed by atoms with Crippen LogP contribution in [0.25, 0.3) is 5.57 Å². The monoisotopic (exact) mass is 179 g/mol. The van der Waals surface area contributed by atoms with Gasteiger partial charge >= 0.3 is 0 Å². The summed E-state index contributed by atoms with van der Waals surface area (Å²) in [6, 6.07) is 0. The Morgan fingerprint density at radius 3 is 2.92 bits per heavy atom. The molecule has 0 aliphatic heterocycles. The molecule has 0 bridgehead atoms. The van der Waals surface area contributed by atoms with Crippen LogP contribution in [0.1, 0.15) is 35.6 Å². The maximum absolute atomic E-state index is 4.39. The van der Waals surface area contributed by atoms with Gasteiger partial charge in [-0.3, -0.25) is 0 Å². The molecule has 1 aliphatic rings. The minimum Gasteiger partial charge on any atom is -0.245 e. The molecule has 0 saturated carbocycles. The molecule has 0 unspecified atom stereocenters. The van der Waals surface area contributed by atoms with Crippen LogP contribution in [0, 0.1) is 6.92 Å². The van der Waals surface area contributed by atoms with Crippen molar-refractivity contribution in [3.8, 4) is 0 Å². The van der Waals surface area contributed by atoms with Crippen molar-refractivity contribution < 1.29 is 0 Å². The summed E-state index contributed by atoms with van der Waals surface area (Å²) >= 11 is 1.81. The lowest BCUT2D eigenvalue weighted by molar-refractivity contribution is 0.741. The van der Waals surface area contributed by atoms with E-state index in [-0.39, 0.29) is 0 Å². The summed E-state index contributed by atoms with van der Waals surface area (Å²) in [6.45, 7) is 2.12. The summed E-state index contributed by atoms with van der Waals surface area (Å²) in [6.07, 6.45) is 9.48. The molecule has 1 heterocycles. The van der Waals surface area contributed by atoms with Gasteiger partial charge in [0.1, 0.15) is 5.01 Å². The van der Waals surface area contributed by atoms with Crippen molar-refractivity contribution in [2.24, 2.45) is 0 Å². The van der Waals surface area contributed by atoms with Crippen molar-refractivity contribution in [3.63, 3.8) is 0 Å². The Labute approximate surface area is 77.2 Å². The van der Waals surface area contributed by atoms with Crippen LogP contribution in [0.2, 0.25) is 0 Å². The van der Waals surface area contributed by atoms with Gasteiger partial charge in [-0.05, 0) is 38.2 Å². The maximum Gasteiger partial charge on any atom is 0.119 e. The first-order chi connectivity index (χ1) is 5.86. The number of thiazole rings is 1. The number of nitrogens with zero attached hydrogens (tertiary/aromatic N) is 1. The second kappa shape index (κ2) is 3.40. The molecule has 0 atom stereocenters. The molecule has 1 nitrogen and oxygen atoms in total. The SMILES string of the molecule is Cc1cnc(C2=CCCCC2)s1. The summed E-state index contributed by atoms with van der Waals surface area (Å²) in [5.74, 6) is 0. The molecule has 0 N–H and O–H groups in total. The highest BCUT2D eigenvalue weighted by molar-refractivity contribution is 7.12. The van der Waals surface area contributed by atoms with E-state index in [9.17, 15) is 0 Å². The third-order valence-corrected chi connectivity index (χ3v) is 3.18. The highest BCUT2D eigenvalue weighted by Gasteiger charge is 2.08. The van der Waals surface area contributed by atoms with E-state index in [0.29, 0.717) is 0 Å². The molecule has 64 valence electrons. The molecule has 0 radical (unpaired) electrons. The van der Waals surface area contributed by atoms with Crippen LogP contribution in [-0.2, 0) is 0 Å². The Bertz CT molecular complexity index is 299. The fraction of sp³-hybridized carbons (Fsp3) is 0.500. The Morgan fingerprint density at radius 1 is 1.42 bits per heavy atom. The van der Waals surface area contributed by atoms with E-state index in [2.05, 4.69) is 18.0 Å². The Hall–Kier alpha value is -0.630. The lowest BCUT2D eigenvalue weighted by atomic mass is 10.0. The lowest BCUT2D eigenvalue weighted by Gasteiger charge is -2.08. The molecule has 1 aliphatic carbocycles. The van der Waals surface area contributed by atoms with E-state index in [0.717, 1.165) is 0 Å². The minimum atomic E-state index is 1.23. The summed E-state index contributed by atoms with van der Waals surface area (Å²) in [7, 11) is 0. The number of aromatic nitrogens is 1. The molecule has 0 saturated heterocycles. The Balaban J connectivity index is 2.23. The van der Waals surface area contributed by atoms with Crippen molar-refractivity contribution in [3.05, 3.63) is 22.2 Å². The largest absolute Gasteiger partial charge is 0.245 e. The van der Waals surface area contributed by atoms with Gasteiger partial charge in [-0.15, -0.1) is 11.3 Å². The number of hydrogen-bond donors (Lipinski definition) is 0. The first kappa shape index (κ1) is 7.99. The predicted molar refractivity (Wildman–Crippen MR) is 53.3 cm³/mol. The van der Waals surface area contributed by atoms with Crippen LogP contribution in [0.3, 0.4) is 0 Å². The second-order valence-electron chi connectivity index (χ2n) is 3.25. The number of rotatable bonds is 1. The van der Waals surface area contributed by atoms with Crippen molar-refractivity contribution in [1.82, 2.24) is 4.98 Å². The first-order valence-corrected chi connectivity index (χ1v) is 5.30. The second-order valence-corrected chi connectivity index (χ2v) is 4.49. The van der Waals surface area contributed by atoms with Gasteiger partial charge < -0.3 is 0 Å². The van der Waals surface area contributed by atoms with Gasteiger partial charge in [0.25, 0.3) is 0 Å². The third-order valence-electron chi connectivity index (χ3n) is 2.19. The van der Waals surface area contributed by atoms with Crippen molar-refractivity contribution in [1.29, 1.82) is 0 Å². The Morgan fingerprint density at radius 2 is 2.33 bits per heavy atom. The average Bonchev–Trinajstić information content (AvgIpc) is 2.54. The average molecular weight is 179 g/mol. The zero-order chi connectivity index (χ0) is 8.39. The van der Waals surface area contributed by atoms with Crippen LogP contribution >= 0.6 is 11.3 Å². The van der Waals surface area contributed by atoms with Crippen LogP contribution in [0.4, 0.5) is 0 Å². The van der Waals surface area contributed by atoms with Crippen LogP contribution in [0.5, 0.6) is 0 Å². The van der Waals surface area contributed by atoms with Gasteiger partial charge in [-0.1, -0.05) is 6.08 Å². The fourth-order valence-electron chi connectivity index (χ4n) is 1.54. The third kappa shape index (κ3) is 1.58. The highest BCUT2D eigenvalue weighted by Crippen LogP contribution is 2.29. The van der Waals surface area contributed by atoms with Crippen molar-refractivity contribution >= 4 is 16.9 Å². The molecule has 0 fully saturated rings. The molecular formula is C10H13NS. The number of aryl methyl sites for hydroxylation is 1. The summed E-state index contributed by atoms with van der Waals surface area (Å²) < 4.78 is 0. The molecule has 2 heteroatoms. The molecule has 2 rings (SSSR count). The standard InChI is InChI=1S/C10H13NS/c1-8-7-11-10(12-8)9-5-3-2-4-6-9/h5,7H,2-4,6H2,1H3. The quantitative estimate of drug-likeness (QED) is 0.643. The molecule has 0 spiro atoms. The molecule has 12 heavy (non-hydrogen) atoms. The maximum atomic E-state index is 4.39. The molecule has 0 amide bonds. The molecule has 0 aromatic carbocycles. The summed E-state index contributed by atoms with van der Waals surface area (Å²) in [5.41, 5.74) is 1.47. The molecule has 1 aromatic rings. The first-order valence-electron chi connectivity index (χ1n) is 4.48. The van der Waals surface area contributed by atoms with Crippen LogP contribution in [-0.4, -0.2) is 4.98 Å². The normalized spacial score (nSPS) is 17.6. The van der Waals surface area contributed by atoms with E-state index in [4.69, 9.17) is 0 Å². The van der Waals surface area contributed by atoms with Crippen molar-refractivity contribution in [2.45, 2.75) is 32.6 Å². The van der Waals surface area contributed by atoms with E-state index in [1.807, 2.05) is 17.5 Å². The Kier molecular flexibility index (Phi) is 2.26. The van der Waals surface area contributed by atoms with Gasteiger partial charge in [0, 0.05) is 11.1 Å². The minimum absolute atomic E-state index is 1.23. The van der Waals surface area contributed by atoms with E-state index in [1.165, 1.54) is 41.1 Å². The van der Waals surface area contributed by atoms with Gasteiger partial charge in [-0.25, -0.2) is 4.98 Å². The molecular weight excluding hydrogens is 166 g/mol. The van der Waals surface area contributed by atoms with Gasteiger partial charge in [0.15, 0.2) is 0 Å². The highest BCUT2D eigenvalue weighted by atomic mass is 32.1. The van der Waals surface area contributed by atoms with Gasteiger partial charge in [0.05, 0.1) is 0 Å². The van der Waals surface area contributed by atoms with Crippen LogP contribution < -0.4 is 0 Å². The summed E-state index contributed by atoms with van der Waals surface area (Å²) in [4.78, 5) is 5.71. The van der Waals surface area contributed by atoms with Gasteiger partial charge in [0.2, 0.25) is 0 Å². The van der Waals surface area contributed by atoms with Crippen molar-refractivity contribution in [2.75, 3.05) is 0 Å². The zero-order valence-electron chi connectivity index (χ0n) is 7.34. The summed E-state index contributed by atoms with van der Waals surface area (Å²) in [5, 5.41) is 1.24. The number of hydrogen-bond acceptors (Lipinski definition) is 2. The smallest absolute Gasteiger partial charge is 0.119 e. The lowest BCUT2D eigenvalue weighted by Crippen LogP contribution is -1.90. The topological polar surface area (TPSA) is 12.9 Å². The predicted octanol–water partition coefficient (Wildman–Crippen LogP) is 3.41.